The molecule has 0 bridgehead atoms. The van der Waals surface area contributed by atoms with Crippen LogP contribution in [-0.2, 0) is 0 Å². The summed E-state index contributed by atoms with van der Waals surface area (Å²) in [6, 6.07) is 0. The Morgan fingerprint density at radius 1 is 0.188 bits per heavy atom. The van der Waals surface area contributed by atoms with Crippen molar-refractivity contribution in [2.75, 3.05) is 0 Å². The van der Waals surface area contributed by atoms with E-state index in [1.165, 1.54) is 0 Å². The Labute approximate surface area is 331 Å². The summed E-state index contributed by atoms with van der Waals surface area (Å²) in [5.74, 6) is -135. The van der Waals surface area contributed by atoms with Gasteiger partial charge in [0.1, 0.15) is 0 Å². The molecule has 0 aromatic rings. The summed E-state index contributed by atoms with van der Waals surface area (Å²) in [6.45, 7) is -5.32. The SMILES string of the molecule is C[CH]([Sn+]([CH](C)C(F)(F)C(F)(F)C(F)(F)C(F)(F)C(F)(F)C(F)(F)F)[CH](C)C(F)(F)C(F)(F)C(F)(F)C(F)(F)C(F)(F)C(F)(F)F)C(F)(F)C(F)(F)C(F)(F)C(F)(F)C(F)(F)C(F)(F)F. The van der Waals surface area contributed by atoms with E-state index in [0.29, 0.717) is 0 Å². The van der Waals surface area contributed by atoms with E-state index in [1.807, 2.05) is 0 Å². The molecule has 0 aromatic heterocycles. The van der Waals surface area contributed by atoms with Crippen LogP contribution < -0.4 is 0 Å². The fourth-order valence-corrected chi connectivity index (χ4v) is 16.5. The van der Waals surface area contributed by atoms with Gasteiger partial charge in [-0.1, -0.05) is 0 Å². The molecule has 0 heterocycles. The molecule has 0 spiro atoms. The predicted octanol–water partition coefficient (Wildman–Crippen LogP) is 14.9. The molecule has 0 aromatic carbocycles. The monoisotopic (exact) mass is 1160 g/mol. The Morgan fingerprint density at radius 2 is 0.297 bits per heavy atom. The first-order valence-electron chi connectivity index (χ1n) is 14.6. The molecular weight excluding hydrogens is 1150 g/mol. The van der Waals surface area contributed by atoms with Crippen molar-refractivity contribution in [1.29, 1.82) is 0 Å². The molecule has 40 heteroatoms. The van der Waals surface area contributed by atoms with Gasteiger partial charge >= 0.3 is 331 Å². The molecule has 0 fully saturated rings. The summed E-state index contributed by atoms with van der Waals surface area (Å²) in [5.41, 5.74) is 0. The zero-order chi connectivity index (χ0) is 53.3. The van der Waals surface area contributed by atoms with E-state index in [1.54, 1.807) is 0 Å². The van der Waals surface area contributed by atoms with Crippen LogP contribution in [-0.4, -0.2) is 127 Å². The summed E-state index contributed by atoms with van der Waals surface area (Å²) in [6.07, 6.45) is -25.1. The molecule has 0 saturated carbocycles. The Hall–Kier alpha value is -1.93. The van der Waals surface area contributed by atoms with Crippen molar-refractivity contribution in [3.63, 3.8) is 0 Å². The van der Waals surface area contributed by atoms with Crippen LogP contribution in [0.4, 0.5) is 171 Å². The van der Waals surface area contributed by atoms with Crippen LogP contribution in [0.2, 0.25) is 11.8 Å². The number of alkyl halides is 39. The second kappa shape index (κ2) is 15.8. The summed E-state index contributed by atoms with van der Waals surface area (Å²) >= 11 is -9.38. The van der Waals surface area contributed by atoms with Gasteiger partial charge in [0.05, 0.1) is 0 Å². The number of rotatable bonds is 18. The maximum atomic E-state index is 15.2. The second-order valence-electron chi connectivity index (χ2n) is 12.9. The van der Waals surface area contributed by atoms with Crippen molar-refractivity contribution in [3.8, 4) is 0 Å². The van der Waals surface area contributed by atoms with Gasteiger partial charge in [-0.3, -0.25) is 0 Å². The van der Waals surface area contributed by atoms with Crippen molar-refractivity contribution in [1.82, 2.24) is 0 Å². The van der Waals surface area contributed by atoms with E-state index >= 15 is 26.3 Å². The molecule has 64 heavy (non-hydrogen) atoms. The van der Waals surface area contributed by atoms with E-state index in [0.717, 1.165) is 0 Å². The van der Waals surface area contributed by atoms with Crippen LogP contribution in [0.1, 0.15) is 20.8 Å². The molecule has 0 amide bonds. The first kappa shape index (κ1) is 62.1. The zero-order valence-corrected chi connectivity index (χ0v) is 31.8. The average Bonchev–Trinajstić information content (AvgIpc) is 3.05. The van der Waals surface area contributed by atoms with E-state index in [-0.39, 0.29) is 0 Å². The van der Waals surface area contributed by atoms with Crippen molar-refractivity contribution < 1.29 is 171 Å². The number of halogens is 39. The van der Waals surface area contributed by atoms with Crippen LogP contribution >= 0.6 is 0 Å². The summed E-state index contributed by atoms with van der Waals surface area (Å²) in [4.78, 5) is 0. The molecule has 0 rings (SSSR count). The van der Waals surface area contributed by atoms with Crippen molar-refractivity contribution in [2.45, 2.75) is 140 Å². The summed E-state index contributed by atoms with van der Waals surface area (Å²) < 4.78 is 520. The number of hydrogen-bond acceptors (Lipinski definition) is 0. The van der Waals surface area contributed by atoms with Gasteiger partial charge in [0.2, 0.25) is 0 Å². The van der Waals surface area contributed by atoms with Gasteiger partial charge < -0.3 is 0 Å². The topological polar surface area (TPSA) is 0 Å². The minimum atomic E-state index is -9.38. The molecule has 0 N–H and O–H groups in total. The van der Waals surface area contributed by atoms with E-state index in [4.69, 9.17) is 0 Å². The predicted molar refractivity (Wildman–Crippen MR) is 126 cm³/mol. The first-order chi connectivity index (χ1) is 26.8. The van der Waals surface area contributed by atoms with Gasteiger partial charge in [-0.05, 0) is 0 Å². The van der Waals surface area contributed by atoms with Crippen LogP contribution in [0.5, 0.6) is 0 Å². The van der Waals surface area contributed by atoms with Gasteiger partial charge in [0.15, 0.2) is 0 Å². The van der Waals surface area contributed by atoms with Crippen LogP contribution in [0.3, 0.4) is 0 Å². The first-order valence-corrected chi connectivity index (χ1v) is 19.5. The molecule has 0 radical (unpaired) electrons. The Balaban J connectivity index is 8.80. The third kappa shape index (κ3) is 7.88. The van der Waals surface area contributed by atoms with Gasteiger partial charge in [0.25, 0.3) is 0 Å². The summed E-state index contributed by atoms with van der Waals surface area (Å²) in [7, 11) is 0. The molecule has 0 saturated heterocycles. The number of hydrogen-bond donors (Lipinski definition) is 0. The maximum absolute atomic E-state index is 15.2. The van der Waals surface area contributed by atoms with Gasteiger partial charge in [-0.25, -0.2) is 0 Å². The van der Waals surface area contributed by atoms with Gasteiger partial charge in [-0.15, -0.1) is 0 Å². The Morgan fingerprint density at radius 3 is 0.406 bits per heavy atom. The molecule has 3 unspecified atom stereocenters. The average molecular weight is 1160 g/mol. The molecular formula is C24H12F39Sn+. The third-order valence-corrected chi connectivity index (χ3v) is 20.7. The molecule has 3 atom stereocenters. The minimum absolute atomic E-state index is 1.77. The molecule has 0 aliphatic heterocycles. The molecule has 0 aliphatic carbocycles. The fourth-order valence-electron chi connectivity index (χ4n) is 4.91. The quantitative estimate of drug-likeness (QED) is 0.0948. The fraction of sp³-hybridized carbons (Fsp3) is 1.00. The zero-order valence-electron chi connectivity index (χ0n) is 29.0. The van der Waals surface area contributed by atoms with Gasteiger partial charge in [0, 0.05) is 0 Å². The normalized spacial score (nSPS) is 18.3. The van der Waals surface area contributed by atoms with Crippen molar-refractivity contribution in [2.24, 2.45) is 0 Å². The van der Waals surface area contributed by atoms with Gasteiger partial charge in [-0.2, -0.15) is 0 Å². The Kier molecular flexibility index (Phi) is 15.3. The van der Waals surface area contributed by atoms with Crippen LogP contribution in [0.15, 0.2) is 0 Å². The van der Waals surface area contributed by atoms with E-state index in [9.17, 15) is 145 Å². The molecule has 384 valence electrons. The Bertz CT molecular complexity index is 1450. The van der Waals surface area contributed by atoms with Crippen molar-refractivity contribution >= 4 is 19.8 Å². The molecule has 0 nitrogen and oxygen atoms in total. The van der Waals surface area contributed by atoms with Crippen molar-refractivity contribution in [3.05, 3.63) is 0 Å². The second-order valence-corrected chi connectivity index (χ2v) is 23.2. The summed E-state index contributed by atoms with van der Waals surface area (Å²) in [5, 5.41) is 0. The standard InChI is InChI=1S/3C8H4F13.Sn/c3*1-2-3(9,10)4(11,12)5(13,14)6(15,16)7(17,18)8(19,20)21;/h3*2H,1H3;/q;;;+1. The van der Waals surface area contributed by atoms with Crippen LogP contribution in [0.25, 0.3) is 0 Å². The third-order valence-electron chi connectivity index (χ3n) is 9.00. The molecule has 0 aliphatic rings. The van der Waals surface area contributed by atoms with E-state index < -0.39 is 160 Å². The van der Waals surface area contributed by atoms with E-state index in [2.05, 4.69) is 0 Å². The van der Waals surface area contributed by atoms with Crippen LogP contribution in [0, 0.1) is 0 Å².